The Balaban J connectivity index is 2.22. The zero-order valence-corrected chi connectivity index (χ0v) is 13.5. The molecule has 0 aromatic heterocycles. The van der Waals surface area contributed by atoms with E-state index in [2.05, 4.69) is 24.8 Å². The highest BCUT2D eigenvalue weighted by molar-refractivity contribution is 6.33. The Hall–Kier alpha value is -0.730. The molecule has 2 N–H and O–H groups in total. The lowest BCUT2D eigenvalue weighted by molar-refractivity contribution is 0.459. The monoisotopic (exact) mass is 294 g/mol. The largest absolute Gasteiger partial charge is 0.370 e. The minimum Gasteiger partial charge on any atom is -0.370 e. The zero-order valence-electron chi connectivity index (χ0n) is 12.7. The van der Waals surface area contributed by atoms with Crippen LogP contribution in [0.3, 0.4) is 0 Å². The van der Waals surface area contributed by atoms with Crippen molar-refractivity contribution in [1.82, 2.24) is 0 Å². The molecule has 1 saturated heterocycles. The van der Waals surface area contributed by atoms with E-state index in [1.165, 1.54) is 36.9 Å². The molecule has 3 heteroatoms. The molecule has 0 saturated carbocycles. The number of hydrogen-bond acceptors (Lipinski definition) is 2. The highest BCUT2D eigenvalue weighted by Gasteiger charge is 2.20. The summed E-state index contributed by atoms with van der Waals surface area (Å²) in [6, 6.07) is 6.38. The van der Waals surface area contributed by atoms with E-state index in [0.717, 1.165) is 30.5 Å². The Morgan fingerprint density at radius 3 is 2.85 bits per heavy atom. The van der Waals surface area contributed by atoms with E-state index >= 15 is 0 Å². The Labute approximate surface area is 128 Å². The van der Waals surface area contributed by atoms with E-state index < -0.39 is 0 Å². The van der Waals surface area contributed by atoms with Gasteiger partial charge in [0.2, 0.25) is 0 Å². The van der Waals surface area contributed by atoms with Gasteiger partial charge in [-0.2, -0.15) is 0 Å². The molecule has 0 spiro atoms. The van der Waals surface area contributed by atoms with E-state index in [1.807, 2.05) is 12.1 Å². The van der Waals surface area contributed by atoms with Crippen molar-refractivity contribution in [1.29, 1.82) is 0 Å². The summed E-state index contributed by atoms with van der Waals surface area (Å²) in [5.74, 6) is 0.874. The van der Waals surface area contributed by atoms with Gasteiger partial charge in [0.25, 0.3) is 0 Å². The molecule has 2 nitrogen and oxygen atoms in total. The first-order valence-corrected chi connectivity index (χ1v) is 8.27. The fourth-order valence-electron chi connectivity index (χ4n) is 3.22. The van der Waals surface area contributed by atoms with E-state index in [-0.39, 0.29) is 6.04 Å². The second kappa shape index (κ2) is 7.33. The van der Waals surface area contributed by atoms with Gasteiger partial charge in [0.1, 0.15) is 0 Å². The normalized spacial score (nSPS) is 21.6. The number of anilines is 1. The molecule has 1 aliphatic heterocycles. The Morgan fingerprint density at radius 1 is 1.35 bits per heavy atom. The first-order valence-electron chi connectivity index (χ1n) is 7.89. The van der Waals surface area contributed by atoms with Crippen molar-refractivity contribution >= 4 is 17.3 Å². The molecular formula is C17H27ClN2. The average Bonchev–Trinajstić information content (AvgIpc) is 2.63. The lowest BCUT2D eigenvalue weighted by Gasteiger charge is -2.27. The van der Waals surface area contributed by atoms with Crippen LogP contribution in [0.25, 0.3) is 0 Å². The topological polar surface area (TPSA) is 29.3 Å². The van der Waals surface area contributed by atoms with Crippen molar-refractivity contribution < 1.29 is 0 Å². The van der Waals surface area contributed by atoms with Crippen molar-refractivity contribution in [2.24, 2.45) is 11.7 Å². The Bertz CT molecular complexity index is 431. The van der Waals surface area contributed by atoms with Crippen LogP contribution in [0.2, 0.25) is 5.02 Å². The summed E-state index contributed by atoms with van der Waals surface area (Å²) >= 11 is 6.49. The molecule has 1 aromatic rings. The Morgan fingerprint density at radius 2 is 2.15 bits per heavy atom. The predicted octanol–water partition coefficient (Wildman–Crippen LogP) is 4.25. The van der Waals surface area contributed by atoms with E-state index in [0.29, 0.717) is 0 Å². The van der Waals surface area contributed by atoms with Gasteiger partial charge in [-0.3, -0.25) is 0 Å². The minimum absolute atomic E-state index is 0.169. The molecule has 1 heterocycles. The van der Waals surface area contributed by atoms with E-state index in [1.54, 1.807) is 0 Å². The first-order chi connectivity index (χ1) is 9.61. The van der Waals surface area contributed by atoms with Crippen LogP contribution in [0.15, 0.2) is 18.2 Å². The lowest BCUT2D eigenvalue weighted by atomic mass is 9.98. The second-order valence-electron chi connectivity index (χ2n) is 6.12. The van der Waals surface area contributed by atoms with Crippen LogP contribution >= 0.6 is 11.6 Å². The smallest absolute Gasteiger partial charge is 0.0642 e. The van der Waals surface area contributed by atoms with Crippen LogP contribution in [0.1, 0.15) is 45.1 Å². The summed E-state index contributed by atoms with van der Waals surface area (Å²) < 4.78 is 0. The van der Waals surface area contributed by atoms with Crippen LogP contribution < -0.4 is 10.6 Å². The first kappa shape index (κ1) is 15.7. The molecule has 1 aromatic carbocycles. The summed E-state index contributed by atoms with van der Waals surface area (Å²) in [6.07, 6.45) is 6.08. The van der Waals surface area contributed by atoms with Crippen molar-refractivity contribution in [3.05, 3.63) is 28.8 Å². The molecule has 0 radical (unpaired) electrons. The second-order valence-corrected chi connectivity index (χ2v) is 6.53. The maximum absolute atomic E-state index is 6.49. The van der Waals surface area contributed by atoms with Crippen LogP contribution in [0, 0.1) is 5.92 Å². The lowest BCUT2D eigenvalue weighted by Crippen LogP contribution is -2.27. The molecule has 112 valence electrons. The molecule has 0 amide bonds. The fraction of sp³-hybridized carbons (Fsp3) is 0.647. The molecule has 2 atom stereocenters. The highest BCUT2D eigenvalue weighted by atomic mass is 35.5. The van der Waals surface area contributed by atoms with Gasteiger partial charge in [0, 0.05) is 19.1 Å². The third-order valence-corrected chi connectivity index (χ3v) is 4.66. The SMILES string of the molecule is CCC1CCCN(c2c(Cl)cccc2CC(C)N)CC1. The number of hydrogen-bond donors (Lipinski definition) is 1. The third-order valence-electron chi connectivity index (χ3n) is 4.35. The number of halogens is 1. The minimum atomic E-state index is 0.169. The summed E-state index contributed by atoms with van der Waals surface area (Å²) in [4.78, 5) is 2.48. The van der Waals surface area contributed by atoms with Crippen molar-refractivity contribution in [2.75, 3.05) is 18.0 Å². The fourth-order valence-corrected chi connectivity index (χ4v) is 3.54. The van der Waals surface area contributed by atoms with E-state index in [4.69, 9.17) is 17.3 Å². The number of benzene rings is 1. The summed E-state index contributed by atoms with van der Waals surface area (Å²) in [5.41, 5.74) is 8.50. The van der Waals surface area contributed by atoms with Crippen molar-refractivity contribution in [2.45, 2.75) is 52.0 Å². The number of nitrogens with two attached hydrogens (primary N) is 1. The quantitative estimate of drug-likeness (QED) is 0.899. The van der Waals surface area contributed by atoms with Gasteiger partial charge < -0.3 is 10.6 Å². The maximum atomic E-state index is 6.49. The predicted molar refractivity (Wildman–Crippen MR) is 88.7 cm³/mol. The molecule has 0 aliphatic carbocycles. The number of nitrogens with zero attached hydrogens (tertiary/aromatic N) is 1. The molecular weight excluding hydrogens is 268 g/mol. The summed E-state index contributed by atoms with van der Waals surface area (Å²) in [7, 11) is 0. The zero-order chi connectivity index (χ0) is 14.5. The van der Waals surface area contributed by atoms with Crippen LogP contribution in [-0.2, 0) is 6.42 Å². The average molecular weight is 295 g/mol. The molecule has 2 rings (SSSR count). The molecule has 0 bridgehead atoms. The van der Waals surface area contributed by atoms with Crippen molar-refractivity contribution in [3.63, 3.8) is 0 Å². The van der Waals surface area contributed by atoms with Gasteiger partial charge in [0.15, 0.2) is 0 Å². The van der Waals surface area contributed by atoms with Gasteiger partial charge >= 0.3 is 0 Å². The van der Waals surface area contributed by atoms with Crippen molar-refractivity contribution in [3.8, 4) is 0 Å². The van der Waals surface area contributed by atoms with Gasteiger partial charge in [-0.15, -0.1) is 0 Å². The molecule has 1 fully saturated rings. The van der Waals surface area contributed by atoms with Gasteiger partial charge in [-0.25, -0.2) is 0 Å². The molecule has 20 heavy (non-hydrogen) atoms. The number of rotatable bonds is 4. The van der Waals surface area contributed by atoms with Gasteiger partial charge in [-0.05, 0) is 50.2 Å². The highest BCUT2D eigenvalue weighted by Crippen LogP contribution is 2.33. The maximum Gasteiger partial charge on any atom is 0.0642 e. The summed E-state index contributed by atoms with van der Waals surface area (Å²) in [5, 5.41) is 0.873. The van der Waals surface area contributed by atoms with Crippen LogP contribution in [0.4, 0.5) is 5.69 Å². The molecule has 2 unspecified atom stereocenters. The Kier molecular flexibility index (Phi) is 5.74. The number of para-hydroxylation sites is 1. The third kappa shape index (κ3) is 3.89. The van der Waals surface area contributed by atoms with Crippen LogP contribution in [-0.4, -0.2) is 19.1 Å². The van der Waals surface area contributed by atoms with E-state index in [9.17, 15) is 0 Å². The van der Waals surface area contributed by atoms with Gasteiger partial charge in [-0.1, -0.05) is 37.1 Å². The van der Waals surface area contributed by atoms with Gasteiger partial charge in [0.05, 0.1) is 10.7 Å². The van der Waals surface area contributed by atoms with Crippen LogP contribution in [0.5, 0.6) is 0 Å². The summed E-state index contributed by atoms with van der Waals surface area (Å²) in [6.45, 7) is 6.60. The standard InChI is InChI=1S/C17H27ClN2/c1-3-14-6-5-10-20(11-9-14)17-15(12-13(2)19)7-4-8-16(17)18/h4,7-8,13-14H,3,5-6,9-12,19H2,1-2H3. The molecule has 1 aliphatic rings.